The van der Waals surface area contributed by atoms with Crippen molar-refractivity contribution in [2.75, 3.05) is 19.8 Å². The highest BCUT2D eigenvalue weighted by Crippen LogP contribution is 2.14. The van der Waals surface area contributed by atoms with Crippen LogP contribution in [0.1, 0.15) is 20.3 Å². The summed E-state index contributed by atoms with van der Waals surface area (Å²) >= 11 is 0. The number of aliphatic hydroxyl groups is 2. The zero-order valence-electron chi connectivity index (χ0n) is 10.5. The molecule has 6 nitrogen and oxygen atoms in total. The van der Waals surface area contributed by atoms with Crippen molar-refractivity contribution in [2.45, 2.75) is 20.3 Å². The van der Waals surface area contributed by atoms with E-state index in [1.165, 1.54) is 19.9 Å². The summed E-state index contributed by atoms with van der Waals surface area (Å²) in [5.41, 5.74) is 0.686. The Morgan fingerprint density at radius 1 is 1.17 bits per heavy atom. The Labute approximate surface area is 105 Å². The van der Waals surface area contributed by atoms with Gasteiger partial charge in [-0.05, 0) is 31.9 Å². The molecule has 18 heavy (non-hydrogen) atoms. The molecule has 0 unspecified atom stereocenters. The number of rotatable bonds is 7. The zero-order chi connectivity index (χ0) is 14.1. The second kappa shape index (κ2) is 8.43. The first-order valence-corrected chi connectivity index (χ1v) is 5.44. The first-order chi connectivity index (χ1) is 8.43. The molecule has 3 N–H and O–H groups in total. The lowest BCUT2D eigenvalue weighted by Gasteiger charge is -2.08. The van der Waals surface area contributed by atoms with Crippen LogP contribution in [0, 0.1) is 0 Å². The van der Waals surface area contributed by atoms with Gasteiger partial charge in [0.1, 0.15) is 6.61 Å². The molecule has 0 spiro atoms. The number of hydrogen-bond donors (Lipinski definition) is 3. The SMILES string of the molecule is CC(=CC(CCO)=C(C)C(=O)OCCO)C(=O)O. The van der Waals surface area contributed by atoms with Gasteiger partial charge in [-0.2, -0.15) is 0 Å². The minimum absolute atomic E-state index is 0.0627. The molecule has 0 fully saturated rings. The Bertz CT molecular complexity index is 367. The van der Waals surface area contributed by atoms with Crippen molar-refractivity contribution in [3.8, 4) is 0 Å². The van der Waals surface area contributed by atoms with E-state index in [0.717, 1.165) is 0 Å². The van der Waals surface area contributed by atoms with Gasteiger partial charge in [0.25, 0.3) is 0 Å². The molecule has 0 rings (SSSR count). The summed E-state index contributed by atoms with van der Waals surface area (Å²) in [7, 11) is 0. The molecule has 0 amide bonds. The standard InChI is InChI=1S/C12H18O6/c1-8(11(15)16)7-10(3-4-13)9(2)12(17)18-6-5-14/h7,13-14H,3-6H2,1-2H3,(H,15,16). The number of esters is 1. The lowest BCUT2D eigenvalue weighted by atomic mass is 10.0. The van der Waals surface area contributed by atoms with E-state index in [1.54, 1.807) is 0 Å². The third kappa shape index (κ3) is 5.60. The zero-order valence-corrected chi connectivity index (χ0v) is 10.5. The Kier molecular flexibility index (Phi) is 7.66. The predicted molar refractivity (Wildman–Crippen MR) is 63.8 cm³/mol. The van der Waals surface area contributed by atoms with E-state index in [1.807, 2.05) is 0 Å². The van der Waals surface area contributed by atoms with Crippen molar-refractivity contribution in [2.24, 2.45) is 0 Å². The maximum Gasteiger partial charge on any atom is 0.334 e. The number of carbonyl (C=O) groups excluding carboxylic acids is 1. The minimum Gasteiger partial charge on any atom is -0.478 e. The van der Waals surface area contributed by atoms with E-state index in [4.69, 9.17) is 20.1 Å². The molecule has 0 aliphatic rings. The van der Waals surface area contributed by atoms with Crippen LogP contribution in [-0.4, -0.2) is 47.1 Å². The first-order valence-electron chi connectivity index (χ1n) is 5.44. The van der Waals surface area contributed by atoms with Crippen molar-refractivity contribution in [1.82, 2.24) is 0 Å². The molecule has 0 aromatic rings. The average molecular weight is 258 g/mol. The fourth-order valence-electron chi connectivity index (χ4n) is 1.19. The second-order valence-corrected chi connectivity index (χ2v) is 3.62. The molecule has 0 atom stereocenters. The summed E-state index contributed by atoms with van der Waals surface area (Å²) in [6, 6.07) is 0. The summed E-state index contributed by atoms with van der Waals surface area (Å²) in [5.74, 6) is -1.73. The molecular formula is C12H18O6. The molecule has 6 heteroatoms. The van der Waals surface area contributed by atoms with Crippen LogP contribution in [0.15, 0.2) is 22.8 Å². The summed E-state index contributed by atoms with van der Waals surface area (Å²) in [5, 5.41) is 26.2. The van der Waals surface area contributed by atoms with Gasteiger partial charge in [0.15, 0.2) is 0 Å². The fraction of sp³-hybridized carbons (Fsp3) is 0.500. The van der Waals surface area contributed by atoms with Crippen molar-refractivity contribution in [3.63, 3.8) is 0 Å². The monoisotopic (exact) mass is 258 g/mol. The van der Waals surface area contributed by atoms with E-state index < -0.39 is 11.9 Å². The van der Waals surface area contributed by atoms with Crippen molar-refractivity contribution >= 4 is 11.9 Å². The van der Waals surface area contributed by atoms with Gasteiger partial charge >= 0.3 is 11.9 Å². The number of allylic oxidation sites excluding steroid dienone is 1. The maximum atomic E-state index is 11.5. The Balaban J connectivity index is 5.11. The molecule has 0 aromatic heterocycles. The van der Waals surface area contributed by atoms with Crippen LogP contribution < -0.4 is 0 Å². The number of aliphatic carboxylic acids is 1. The second-order valence-electron chi connectivity index (χ2n) is 3.62. The molecule has 0 aliphatic carbocycles. The van der Waals surface area contributed by atoms with Gasteiger partial charge in [0.2, 0.25) is 0 Å². The van der Waals surface area contributed by atoms with Crippen LogP contribution in [0.2, 0.25) is 0 Å². The van der Waals surface area contributed by atoms with Crippen LogP contribution in [-0.2, 0) is 14.3 Å². The molecule has 0 heterocycles. The minimum atomic E-state index is -1.10. The molecular weight excluding hydrogens is 240 g/mol. The topological polar surface area (TPSA) is 104 Å². The molecule has 102 valence electrons. The Morgan fingerprint density at radius 2 is 1.78 bits per heavy atom. The van der Waals surface area contributed by atoms with Gasteiger partial charge in [-0.15, -0.1) is 0 Å². The van der Waals surface area contributed by atoms with Crippen LogP contribution in [0.5, 0.6) is 0 Å². The van der Waals surface area contributed by atoms with Crippen molar-refractivity contribution < 1.29 is 29.6 Å². The molecule has 0 saturated carbocycles. The van der Waals surface area contributed by atoms with Crippen LogP contribution >= 0.6 is 0 Å². The highest BCUT2D eigenvalue weighted by Gasteiger charge is 2.12. The smallest absolute Gasteiger partial charge is 0.334 e. The summed E-state index contributed by atoms with van der Waals surface area (Å²) < 4.78 is 4.72. The van der Waals surface area contributed by atoms with Gasteiger partial charge in [0.05, 0.1) is 6.61 Å². The number of aliphatic hydroxyl groups excluding tert-OH is 2. The fourth-order valence-corrected chi connectivity index (χ4v) is 1.19. The summed E-state index contributed by atoms with van der Waals surface area (Å²) in [6.45, 7) is 2.27. The number of ether oxygens (including phenoxy) is 1. The number of carbonyl (C=O) groups is 2. The van der Waals surface area contributed by atoms with Gasteiger partial charge < -0.3 is 20.1 Å². The molecule has 0 saturated heterocycles. The number of carboxylic acid groups (broad SMARTS) is 1. The summed E-state index contributed by atoms with van der Waals surface area (Å²) in [4.78, 5) is 22.2. The molecule has 0 aliphatic heterocycles. The van der Waals surface area contributed by atoms with Gasteiger partial charge in [-0.25, -0.2) is 9.59 Å². The van der Waals surface area contributed by atoms with E-state index in [9.17, 15) is 9.59 Å². The lowest BCUT2D eigenvalue weighted by Crippen LogP contribution is -2.11. The van der Waals surface area contributed by atoms with E-state index in [0.29, 0.717) is 5.57 Å². The van der Waals surface area contributed by atoms with Crippen molar-refractivity contribution in [1.29, 1.82) is 0 Å². The average Bonchev–Trinajstić information content (AvgIpc) is 2.34. The highest BCUT2D eigenvalue weighted by atomic mass is 16.5. The largest absolute Gasteiger partial charge is 0.478 e. The third-order valence-corrected chi connectivity index (χ3v) is 2.22. The van der Waals surface area contributed by atoms with Crippen LogP contribution in [0.25, 0.3) is 0 Å². The number of carboxylic acids is 1. The van der Waals surface area contributed by atoms with Gasteiger partial charge in [0, 0.05) is 17.8 Å². The van der Waals surface area contributed by atoms with E-state index in [2.05, 4.69) is 0 Å². The molecule has 0 radical (unpaired) electrons. The normalized spacial score (nSPS) is 13.0. The quantitative estimate of drug-likeness (QED) is 0.343. The number of hydrogen-bond acceptors (Lipinski definition) is 5. The van der Waals surface area contributed by atoms with Crippen LogP contribution in [0.4, 0.5) is 0 Å². The van der Waals surface area contributed by atoms with E-state index in [-0.39, 0.29) is 37.4 Å². The maximum absolute atomic E-state index is 11.5. The van der Waals surface area contributed by atoms with E-state index >= 15 is 0 Å². The first kappa shape index (κ1) is 16.3. The Hall–Kier alpha value is -1.66. The summed E-state index contributed by atoms with van der Waals surface area (Å²) in [6.07, 6.45) is 1.48. The highest BCUT2D eigenvalue weighted by molar-refractivity contribution is 5.91. The lowest BCUT2D eigenvalue weighted by molar-refractivity contribution is -0.140. The Morgan fingerprint density at radius 3 is 2.22 bits per heavy atom. The van der Waals surface area contributed by atoms with Crippen LogP contribution in [0.3, 0.4) is 0 Å². The molecule has 0 bridgehead atoms. The third-order valence-electron chi connectivity index (χ3n) is 2.22. The predicted octanol–water partition coefficient (Wildman–Crippen LogP) is 0.252. The van der Waals surface area contributed by atoms with Gasteiger partial charge in [-0.3, -0.25) is 0 Å². The van der Waals surface area contributed by atoms with Crippen molar-refractivity contribution in [3.05, 3.63) is 22.8 Å². The van der Waals surface area contributed by atoms with Gasteiger partial charge in [-0.1, -0.05) is 0 Å². The molecule has 0 aromatic carbocycles.